The fourth-order valence-corrected chi connectivity index (χ4v) is 0. The van der Waals surface area contributed by atoms with E-state index in [0.29, 0.717) is 0 Å². The van der Waals surface area contributed by atoms with Crippen LogP contribution >= 0.6 is 0 Å². The molecule has 0 atom stereocenters. The first-order chi connectivity index (χ1) is 5.20. The van der Waals surface area contributed by atoms with Crippen molar-refractivity contribution >= 4 is 11.8 Å². The second-order valence-electron chi connectivity index (χ2n) is 3.06. The van der Waals surface area contributed by atoms with Gasteiger partial charge in [0.15, 0.2) is 0 Å². The van der Waals surface area contributed by atoms with Gasteiger partial charge in [-0.3, -0.25) is 10.1 Å². The maximum Gasteiger partial charge on any atom is 0.371 e. The molecule has 0 aromatic carbocycles. The van der Waals surface area contributed by atoms with Gasteiger partial charge in [0.2, 0.25) is 5.78 Å². The van der Waals surface area contributed by atoms with Gasteiger partial charge in [-0.05, 0) is 20.8 Å². The molecule has 0 spiro atoms. The molecule has 5 heteroatoms. The van der Waals surface area contributed by atoms with Gasteiger partial charge in [0.1, 0.15) is 0 Å². The normalized spacial score (nSPS) is 9.75. The molecule has 0 aliphatic rings. The van der Waals surface area contributed by atoms with Crippen molar-refractivity contribution in [2.75, 3.05) is 0 Å². The van der Waals surface area contributed by atoms with Crippen molar-refractivity contribution in [3.05, 3.63) is 0 Å². The average Bonchev–Trinajstić information content (AvgIpc) is 1.87. The van der Waals surface area contributed by atoms with Crippen LogP contribution in [0.25, 0.3) is 0 Å². The minimum absolute atomic E-state index is 0.403. The predicted molar refractivity (Wildman–Crippen MR) is 41.8 cm³/mol. The van der Waals surface area contributed by atoms with Gasteiger partial charge in [-0.25, -0.2) is 9.68 Å². The van der Waals surface area contributed by atoms with E-state index in [1.165, 1.54) is 0 Å². The number of carboxylic acids is 1. The van der Waals surface area contributed by atoms with Crippen molar-refractivity contribution in [2.45, 2.75) is 33.3 Å². The summed E-state index contributed by atoms with van der Waals surface area (Å²) in [7, 11) is 0. The molecule has 5 nitrogen and oxygen atoms in total. The molecule has 0 heterocycles. The first-order valence-electron chi connectivity index (χ1n) is 3.27. The molecule has 72 valence electrons. The van der Waals surface area contributed by atoms with Gasteiger partial charge in [0.05, 0.1) is 5.60 Å². The molecule has 0 amide bonds. The molecular formula is C7H14O5. The van der Waals surface area contributed by atoms with E-state index < -0.39 is 17.4 Å². The lowest BCUT2D eigenvalue weighted by molar-refractivity contribution is -0.306. The van der Waals surface area contributed by atoms with Crippen molar-refractivity contribution in [3.63, 3.8) is 0 Å². The number of hydrogen-bond donors (Lipinski definition) is 2. The fraction of sp³-hybridized carbons (Fsp3) is 0.714. The van der Waals surface area contributed by atoms with Crippen molar-refractivity contribution in [2.24, 2.45) is 0 Å². The van der Waals surface area contributed by atoms with Crippen LogP contribution in [0.3, 0.4) is 0 Å². The summed E-state index contributed by atoms with van der Waals surface area (Å²) in [6, 6.07) is 0. The Morgan fingerprint density at radius 3 is 1.42 bits per heavy atom. The van der Waals surface area contributed by atoms with Crippen LogP contribution in [0.4, 0.5) is 0 Å². The van der Waals surface area contributed by atoms with E-state index in [1.807, 2.05) is 0 Å². The summed E-state index contributed by atoms with van der Waals surface area (Å²) in [5.41, 5.74) is -0.403. The molecule has 0 radical (unpaired) electrons. The molecule has 0 saturated carbocycles. The molecule has 12 heavy (non-hydrogen) atoms. The quantitative estimate of drug-likeness (QED) is 0.354. The Hall–Kier alpha value is -0.940. The lowest BCUT2D eigenvalue weighted by atomic mass is 10.2. The van der Waals surface area contributed by atoms with Crippen molar-refractivity contribution < 1.29 is 24.8 Å². The number of ketones is 1. The minimum Gasteiger partial charge on any atom is -0.476 e. The third kappa shape index (κ3) is 16.0. The van der Waals surface area contributed by atoms with Crippen LogP contribution in [0.1, 0.15) is 27.7 Å². The number of hydrogen-bond acceptors (Lipinski definition) is 4. The molecule has 0 unspecified atom stereocenters. The smallest absolute Gasteiger partial charge is 0.371 e. The number of Topliss-reactive ketones (excluding diaryl/α,β-unsaturated/α-hetero) is 1. The van der Waals surface area contributed by atoms with Gasteiger partial charge in [-0.2, -0.15) is 0 Å². The molecule has 0 saturated heterocycles. The maximum absolute atomic E-state index is 9.54. The maximum atomic E-state index is 9.54. The highest BCUT2D eigenvalue weighted by molar-refractivity contribution is 6.31. The summed E-state index contributed by atoms with van der Waals surface area (Å²) in [6.45, 7) is 6.31. The molecule has 0 aromatic heterocycles. The third-order valence-electron chi connectivity index (χ3n) is 0.575. The SMILES string of the molecule is CC(=O)C(=O)O.CC(C)(C)OO. The first-order valence-corrected chi connectivity index (χ1v) is 3.27. The lowest BCUT2D eigenvalue weighted by Gasteiger charge is -2.10. The molecule has 0 aliphatic heterocycles. The Labute approximate surface area is 70.9 Å². The van der Waals surface area contributed by atoms with E-state index in [9.17, 15) is 9.59 Å². The highest BCUT2D eigenvalue weighted by Crippen LogP contribution is 2.01. The fourth-order valence-electron chi connectivity index (χ4n) is 0. The first kappa shape index (κ1) is 13.6. The van der Waals surface area contributed by atoms with Crippen molar-refractivity contribution in [3.8, 4) is 0 Å². The van der Waals surface area contributed by atoms with E-state index in [2.05, 4.69) is 4.89 Å². The number of aliphatic carboxylic acids is 1. The summed E-state index contributed by atoms with van der Waals surface area (Å²) < 4.78 is 0. The number of rotatable bonds is 1. The number of carbonyl (C=O) groups excluding carboxylic acids is 1. The lowest BCUT2D eigenvalue weighted by Crippen LogP contribution is -2.15. The van der Waals surface area contributed by atoms with Gasteiger partial charge < -0.3 is 5.11 Å². The van der Waals surface area contributed by atoms with Crippen molar-refractivity contribution in [1.82, 2.24) is 0 Å². The summed E-state index contributed by atoms with van der Waals surface area (Å²) in [6.07, 6.45) is 0. The van der Waals surface area contributed by atoms with E-state index in [4.69, 9.17) is 10.4 Å². The Kier molecular flexibility index (Phi) is 6.45. The number of carboxylic acid groups (broad SMARTS) is 1. The average molecular weight is 178 g/mol. The zero-order valence-electron chi connectivity index (χ0n) is 7.62. The van der Waals surface area contributed by atoms with Gasteiger partial charge in [-0.1, -0.05) is 0 Å². The summed E-state index contributed by atoms with van der Waals surface area (Å²) in [5, 5.41) is 15.5. The minimum atomic E-state index is -1.38. The second-order valence-corrected chi connectivity index (χ2v) is 3.06. The molecule has 0 rings (SSSR count). The second kappa shape index (κ2) is 5.68. The Bertz CT molecular complexity index is 144. The highest BCUT2D eigenvalue weighted by atomic mass is 17.1. The van der Waals surface area contributed by atoms with Crippen LogP contribution in [0.15, 0.2) is 0 Å². The summed E-state index contributed by atoms with van der Waals surface area (Å²) in [4.78, 5) is 22.8. The predicted octanol–water partition coefficient (Wildman–Crippen LogP) is 0.934. The monoisotopic (exact) mass is 178 g/mol. The molecule has 0 fully saturated rings. The van der Waals surface area contributed by atoms with Crippen LogP contribution in [0.5, 0.6) is 0 Å². The molecule has 0 aliphatic carbocycles. The van der Waals surface area contributed by atoms with Gasteiger partial charge in [0.25, 0.3) is 0 Å². The standard InChI is InChI=1S/C4H10O2.C3H4O3/c1-4(2,3)6-5;1-2(4)3(5)6/h5H,1-3H3;1H3,(H,5,6). The highest BCUT2D eigenvalue weighted by Gasteiger charge is 2.07. The Balaban J connectivity index is 0. The van der Waals surface area contributed by atoms with E-state index in [1.54, 1.807) is 20.8 Å². The topological polar surface area (TPSA) is 83.8 Å². The van der Waals surface area contributed by atoms with Crippen molar-refractivity contribution in [1.29, 1.82) is 0 Å². The van der Waals surface area contributed by atoms with Gasteiger partial charge in [-0.15, -0.1) is 0 Å². The number of carbonyl (C=O) groups is 2. The molecular weight excluding hydrogens is 164 g/mol. The van der Waals surface area contributed by atoms with Crippen LogP contribution < -0.4 is 0 Å². The summed E-state index contributed by atoms with van der Waals surface area (Å²) in [5.74, 6) is -2.20. The third-order valence-corrected chi connectivity index (χ3v) is 0.575. The zero-order chi connectivity index (χ0) is 10.4. The van der Waals surface area contributed by atoms with E-state index in [0.717, 1.165) is 6.92 Å². The molecule has 0 bridgehead atoms. The van der Waals surface area contributed by atoms with Gasteiger partial charge >= 0.3 is 5.97 Å². The van der Waals surface area contributed by atoms with Crippen LogP contribution in [-0.4, -0.2) is 27.7 Å². The summed E-state index contributed by atoms with van der Waals surface area (Å²) >= 11 is 0. The zero-order valence-corrected chi connectivity index (χ0v) is 7.62. The molecule has 0 aromatic rings. The van der Waals surface area contributed by atoms with E-state index in [-0.39, 0.29) is 0 Å². The van der Waals surface area contributed by atoms with Crippen LogP contribution in [0.2, 0.25) is 0 Å². The Morgan fingerprint density at radius 1 is 1.25 bits per heavy atom. The van der Waals surface area contributed by atoms with Gasteiger partial charge in [0, 0.05) is 6.92 Å². The van der Waals surface area contributed by atoms with Crippen LogP contribution in [-0.2, 0) is 14.5 Å². The van der Waals surface area contributed by atoms with Crippen LogP contribution in [0, 0.1) is 0 Å². The Morgan fingerprint density at radius 2 is 1.42 bits per heavy atom. The largest absolute Gasteiger partial charge is 0.476 e. The van der Waals surface area contributed by atoms with E-state index >= 15 is 0 Å². The molecule has 2 N–H and O–H groups in total.